The van der Waals surface area contributed by atoms with Crippen molar-refractivity contribution in [2.45, 2.75) is 43.5 Å². The van der Waals surface area contributed by atoms with E-state index >= 15 is 0 Å². The van der Waals surface area contributed by atoms with Crippen LogP contribution in [0.1, 0.15) is 37.7 Å². The van der Waals surface area contributed by atoms with Gasteiger partial charge in [0.1, 0.15) is 0 Å². The first-order valence-electron chi connectivity index (χ1n) is 6.75. The van der Waals surface area contributed by atoms with Gasteiger partial charge in [-0.15, -0.1) is 11.8 Å². The van der Waals surface area contributed by atoms with Crippen molar-refractivity contribution in [3.8, 4) is 0 Å². The van der Waals surface area contributed by atoms with Crippen LogP contribution in [0.3, 0.4) is 0 Å². The standard InChI is InChI=1S/C15H23NS/c1-16-11-13-7-9-15(10-8-13)17-12-14-5-3-2-4-6-14/h7-10,14,16H,2-6,11-12H2,1H3. The van der Waals surface area contributed by atoms with E-state index in [9.17, 15) is 0 Å². The Morgan fingerprint density at radius 3 is 2.47 bits per heavy atom. The Morgan fingerprint density at radius 2 is 1.82 bits per heavy atom. The normalized spacial score (nSPS) is 17.2. The number of hydrogen-bond donors (Lipinski definition) is 1. The lowest BCUT2D eigenvalue weighted by molar-refractivity contribution is 0.391. The van der Waals surface area contributed by atoms with Gasteiger partial charge in [-0.25, -0.2) is 0 Å². The van der Waals surface area contributed by atoms with Crippen LogP contribution < -0.4 is 5.32 Å². The maximum atomic E-state index is 3.18. The van der Waals surface area contributed by atoms with E-state index < -0.39 is 0 Å². The van der Waals surface area contributed by atoms with Gasteiger partial charge < -0.3 is 5.32 Å². The molecule has 0 aromatic heterocycles. The fourth-order valence-electron chi connectivity index (χ4n) is 2.48. The molecule has 0 spiro atoms. The van der Waals surface area contributed by atoms with Crippen LogP contribution >= 0.6 is 11.8 Å². The summed E-state index contributed by atoms with van der Waals surface area (Å²) in [5.74, 6) is 2.27. The largest absolute Gasteiger partial charge is 0.316 e. The zero-order valence-corrected chi connectivity index (χ0v) is 11.6. The molecule has 94 valence electrons. The van der Waals surface area contributed by atoms with E-state index in [-0.39, 0.29) is 0 Å². The quantitative estimate of drug-likeness (QED) is 0.789. The van der Waals surface area contributed by atoms with Gasteiger partial charge in [0.2, 0.25) is 0 Å². The SMILES string of the molecule is CNCc1ccc(SCC2CCCCC2)cc1. The number of thioether (sulfide) groups is 1. The van der Waals surface area contributed by atoms with Crippen LogP contribution in [-0.4, -0.2) is 12.8 Å². The summed E-state index contributed by atoms with van der Waals surface area (Å²) in [7, 11) is 1.99. The van der Waals surface area contributed by atoms with E-state index in [1.54, 1.807) is 0 Å². The third kappa shape index (κ3) is 4.36. The molecular formula is C15H23NS. The first-order chi connectivity index (χ1) is 8.38. The van der Waals surface area contributed by atoms with Gasteiger partial charge in [0.15, 0.2) is 0 Å². The van der Waals surface area contributed by atoms with E-state index in [0.29, 0.717) is 0 Å². The van der Waals surface area contributed by atoms with Crippen LogP contribution in [0.5, 0.6) is 0 Å². The third-order valence-corrected chi connectivity index (χ3v) is 4.76. The number of hydrogen-bond acceptors (Lipinski definition) is 2. The van der Waals surface area contributed by atoms with Crippen molar-refractivity contribution in [2.75, 3.05) is 12.8 Å². The van der Waals surface area contributed by atoms with Crippen LogP contribution in [0.4, 0.5) is 0 Å². The first kappa shape index (κ1) is 13.0. The Labute approximate surface area is 109 Å². The molecule has 1 nitrogen and oxygen atoms in total. The van der Waals surface area contributed by atoms with E-state index in [4.69, 9.17) is 0 Å². The smallest absolute Gasteiger partial charge is 0.0202 e. The van der Waals surface area contributed by atoms with Gasteiger partial charge in [-0.1, -0.05) is 31.4 Å². The summed E-state index contributed by atoms with van der Waals surface area (Å²) in [5.41, 5.74) is 1.37. The lowest BCUT2D eigenvalue weighted by Gasteiger charge is -2.20. The third-order valence-electron chi connectivity index (χ3n) is 3.51. The molecule has 0 bridgehead atoms. The van der Waals surface area contributed by atoms with Crippen molar-refractivity contribution in [1.82, 2.24) is 5.32 Å². The minimum absolute atomic E-state index is 0.964. The Balaban J connectivity index is 1.77. The zero-order chi connectivity index (χ0) is 11.9. The van der Waals surface area contributed by atoms with Crippen LogP contribution in [0.15, 0.2) is 29.2 Å². The molecule has 1 saturated carbocycles. The molecule has 1 aliphatic rings. The maximum absolute atomic E-state index is 3.18. The van der Waals surface area contributed by atoms with Gasteiger partial charge in [0.25, 0.3) is 0 Å². The summed E-state index contributed by atoms with van der Waals surface area (Å²) >= 11 is 2.03. The summed E-state index contributed by atoms with van der Waals surface area (Å²) in [6.07, 6.45) is 7.26. The van der Waals surface area contributed by atoms with Gasteiger partial charge in [-0.05, 0) is 43.5 Å². The lowest BCUT2D eigenvalue weighted by atomic mass is 9.91. The summed E-state index contributed by atoms with van der Waals surface area (Å²) in [4.78, 5) is 1.43. The van der Waals surface area contributed by atoms with Crippen molar-refractivity contribution >= 4 is 11.8 Å². The topological polar surface area (TPSA) is 12.0 Å². The second kappa shape index (κ2) is 7.07. The second-order valence-corrected chi connectivity index (χ2v) is 6.08. The molecule has 2 rings (SSSR count). The molecule has 0 unspecified atom stereocenters. The van der Waals surface area contributed by atoms with Gasteiger partial charge in [-0.2, -0.15) is 0 Å². The molecule has 17 heavy (non-hydrogen) atoms. The highest BCUT2D eigenvalue weighted by molar-refractivity contribution is 7.99. The molecule has 1 aromatic carbocycles. The average Bonchev–Trinajstić information content (AvgIpc) is 2.40. The van der Waals surface area contributed by atoms with Gasteiger partial charge in [0, 0.05) is 17.2 Å². The molecule has 1 aromatic rings. The molecule has 0 atom stereocenters. The molecule has 0 saturated heterocycles. The molecule has 1 N–H and O–H groups in total. The number of nitrogens with one attached hydrogen (secondary N) is 1. The van der Waals surface area contributed by atoms with Crippen LogP contribution in [-0.2, 0) is 6.54 Å². The summed E-state index contributed by atoms with van der Waals surface area (Å²) in [6.45, 7) is 0.966. The number of rotatable bonds is 5. The second-order valence-electron chi connectivity index (χ2n) is 4.99. The fourth-order valence-corrected chi connectivity index (χ4v) is 3.57. The van der Waals surface area contributed by atoms with Crippen molar-refractivity contribution < 1.29 is 0 Å². The van der Waals surface area contributed by atoms with E-state index in [2.05, 4.69) is 29.6 Å². The Hall–Kier alpha value is -0.470. The van der Waals surface area contributed by atoms with E-state index in [1.165, 1.54) is 48.3 Å². The highest BCUT2D eigenvalue weighted by Crippen LogP contribution is 2.29. The molecule has 1 fully saturated rings. The molecule has 2 heteroatoms. The summed E-state index contributed by atoms with van der Waals surface area (Å²) in [6, 6.07) is 9.00. The first-order valence-corrected chi connectivity index (χ1v) is 7.73. The Kier molecular flexibility index (Phi) is 5.40. The Bertz CT molecular complexity index is 314. The fraction of sp³-hybridized carbons (Fsp3) is 0.600. The van der Waals surface area contributed by atoms with Crippen molar-refractivity contribution in [2.24, 2.45) is 5.92 Å². The number of benzene rings is 1. The van der Waals surface area contributed by atoms with Crippen LogP contribution in [0.2, 0.25) is 0 Å². The lowest BCUT2D eigenvalue weighted by Crippen LogP contribution is -2.08. The summed E-state index contributed by atoms with van der Waals surface area (Å²) in [5, 5.41) is 3.18. The minimum atomic E-state index is 0.964. The van der Waals surface area contributed by atoms with E-state index in [1.807, 2.05) is 18.8 Å². The molecular weight excluding hydrogens is 226 g/mol. The molecule has 1 aliphatic carbocycles. The average molecular weight is 249 g/mol. The summed E-state index contributed by atoms with van der Waals surface area (Å²) < 4.78 is 0. The molecule has 0 amide bonds. The Morgan fingerprint density at radius 1 is 1.12 bits per heavy atom. The van der Waals surface area contributed by atoms with Gasteiger partial charge in [-0.3, -0.25) is 0 Å². The van der Waals surface area contributed by atoms with Crippen molar-refractivity contribution in [1.29, 1.82) is 0 Å². The minimum Gasteiger partial charge on any atom is -0.316 e. The van der Waals surface area contributed by atoms with E-state index in [0.717, 1.165) is 12.5 Å². The predicted molar refractivity (Wildman–Crippen MR) is 76.5 cm³/mol. The molecule has 0 heterocycles. The molecule has 0 aliphatic heterocycles. The van der Waals surface area contributed by atoms with Crippen molar-refractivity contribution in [3.05, 3.63) is 29.8 Å². The predicted octanol–water partition coefficient (Wildman–Crippen LogP) is 4.08. The van der Waals surface area contributed by atoms with Crippen molar-refractivity contribution in [3.63, 3.8) is 0 Å². The van der Waals surface area contributed by atoms with Gasteiger partial charge >= 0.3 is 0 Å². The monoisotopic (exact) mass is 249 g/mol. The molecule has 0 radical (unpaired) electrons. The van der Waals surface area contributed by atoms with Crippen LogP contribution in [0, 0.1) is 5.92 Å². The maximum Gasteiger partial charge on any atom is 0.0202 e. The van der Waals surface area contributed by atoms with Gasteiger partial charge in [0.05, 0.1) is 0 Å². The zero-order valence-electron chi connectivity index (χ0n) is 10.7. The van der Waals surface area contributed by atoms with Crippen LogP contribution in [0.25, 0.3) is 0 Å². The highest BCUT2D eigenvalue weighted by Gasteiger charge is 2.13. The highest BCUT2D eigenvalue weighted by atomic mass is 32.2.